The predicted octanol–water partition coefficient (Wildman–Crippen LogP) is 3.12. The summed E-state index contributed by atoms with van der Waals surface area (Å²) in [6.07, 6.45) is 3.76. The molecule has 154 valence electrons. The zero-order chi connectivity index (χ0) is 21.1. The lowest BCUT2D eigenvalue weighted by Gasteiger charge is -2.17. The van der Waals surface area contributed by atoms with Gasteiger partial charge in [-0.1, -0.05) is 0 Å². The zero-order valence-corrected chi connectivity index (χ0v) is 18.0. The summed E-state index contributed by atoms with van der Waals surface area (Å²) >= 11 is 5.26. The van der Waals surface area contributed by atoms with E-state index in [-0.39, 0.29) is 18.2 Å². The molecule has 0 spiro atoms. The number of hydrogen-bond donors (Lipinski definition) is 2. The summed E-state index contributed by atoms with van der Waals surface area (Å²) in [6.45, 7) is 6.85. The lowest BCUT2D eigenvalue weighted by Crippen LogP contribution is -2.25. The van der Waals surface area contributed by atoms with E-state index in [2.05, 4.69) is 27.0 Å². The topological polar surface area (TPSA) is 101 Å². The molecule has 1 atom stereocenters. The van der Waals surface area contributed by atoms with Crippen LogP contribution in [-0.2, 0) is 16.1 Å². The third-order valence-corrected chi connectivity index (χ3v) is 5.42. The van der Waals surface area contributed by atoms with E-state index in [0.29, 0.717) is 23.2 Å². The molecule has 0 bridgehead atoms. The van der Waals surface area contributed by atoms with Gasteiger partial charge in [-0.15, -0.1) is 0 Å². The van der Waals surface area contributed by atoms with Crippen LogP contribution < -0.4 is 5.32 Å². The third-order valence-electron chi connectivity index (χ3n) is 5.13. The number of aromatic amines is 1. The average molecular weight is 415 g/mol. The number of H-pyrrole nitrogens is 1. The van der Waals surface area contributed by atoms with Crippen molar-refractivity contribution in [3.8, 4) is 6.07 Å². The number of rotatable bonds is 8. The highest BCUT2D eigenvalue weighted by Gasteiger charge is 2.27. The highest BCUT2D eigenvalue weighted by molar-refractivity contribution is 7.71. The Labute approximate surface area is 175 Å². The molecule has 1 unspecified atom stereocenters. The maximum atomic E-state index is 12.6. The first kappa shape index (κ1) is 21.0. The number of carbonyl (C=O) groups is 1. The number of nitriles is 1. The Morgan fingerprint density at radius 3 is 2.90 bits per heavy atom. The van der Waals surface area contributed by atoms with E-state index in [1.165, 1.54) is 0 Å². The van der Waals surface area contributed by atoms with Crippen LogP contribution in [0, 0.1) is 29.9 Å². The highest BCUT2D eigenvalue weighted by Crippen LogP contribution is 2.35. The minimum Gasteiger partial charge on any atom is -0.383 e. The summed E-state index contributed by atoms with van der Waals surface area (Å²) in [5.41, 5.74) is 2.94. The number of nitrogens with one attached hydrogen (secondary N) is 2. The first-order valence-electron chi connectivity index (χ1n) is 9.60. The van der Waals surface area contributed by atoms with Crippen LogP contribution in [0.1, 0.15) is 54.6 Å². The molecule has 0 saturated heterocycles. The van der Waals surface area contributed by atoms with Gasteiger partial charge in [-0.2, -0.15) is 10.4 Å². The van der Waals surface area contributed by atoms with Crippen molar-refractivity contribution in [1.82, 2.24) is 24.6 Å². The second kappa shape index (κ2) is 8.76. The third kappa shape index (κ3) is 4.49. The van der Waals surface area contributed by atoms with Gasteiger partial charge in [-0.3, -0.25) is 14.5 Å². The van der Waals surface area contributed by atoms with Gasteiger partial charge in [-0.05, 0) is 63.5 Å². The smallest absolute Gasteiger partial charge is 0.262 e. The van der Waals surface area contributed by atoms with E-state index in [0.717, 1.165) is 29.8 Å². The number of aromatic nitrogens is 4. The highest BCUT2D eigenvalue weighted by atomic mass is 32.1. The number of amides is 1. The molecule has 1 saturated carbocycles. The number of carbonyl (C=O) groups excluding carboxylic acids is 1. The maximum absolute atomic E-state index is 12.6. The standard InChI is InChI=1S/C20H26N6O2S/c1-12-7-15(14(3)25(12)13(2)11-28-4)8-16(9-21)19(27)22-10-18-23-24-20(29)26(18)17-5-6-17/h7-8,13,17H,5-6,10-11H2,1-4H3,(H,22,27)(H,24,29)/b16-8+. The van der Waals surface area contributed by atoms with Gasteiger partial charge < -0.3 is 14.6 Å². The number of aryl methyl sites for hydroxylation is 1. The van der Waals surface area contributed by atoms with Crippen molar-refractivity contribution in [2.45, 2.75) is 52.2 Å². The van der Waals surface area contributed by atoms with Gasteiger partial charge in [0.05, 0.1) is 19.2 Å². The van der Waals surface area contributed by atoms with Crippen LogP contribution >= 0.6 is 12.2 Å². The fraction of sp³-hybridized carbons (Fsp3) is 0.500. The van der Waals surface area contributed by atoms with E-state index in [1.807, 2.05) is 30.6 Å². The predicted molar refractivity (Wildman–Crippen MR) is 112 cm³/mol. The maximum Gasteiger partial charge on any atom is 0.262 e. The van der Waals surface area contributed by atoms with E-state index < -0.39 is 5.91 Å². The minimum atomic E-state index is -0.432. The molecule has 1 amide bonds. The average Bonchev–Trinajstić information content (AvgIpc) is 3.39. The first-order valence-corrected chi connectivity index (χ1v) is 10.0. The van der Waals surface area contributed by atoms with Gasteiger partial charge in [0.15, 0.2) is 10.6 Å². The van der Waals surface area contributed by atoms with Crippen LogP contribution in [-0.4, -0.2) is 39.0 Å². The van der Waals surface area contributed by atoms with E-state index >= 15 is 0 Å². The van der Waals surface area contributed by atoms with Crippen LogP contribution in [0.4, 0.5) is 0 Å². The summed E-state index contributed by atoms with van der Waals surface area (Å²) in [4.78, 5) is 12.6. The summed E-state index contributed by atoms with van der Waals surface area (Å²) in [5.74, 6) is 0.244. The Hall–Kier alpha value is -2.70. The lowest BCUT2D eigenvalue weighted by molar-refractivity contribution is -0.117. The molecule has 29 heavy (non-hydrogen) atoms. The van der Waals surface area contributed by atoms with Crippen molar-refractivity contribution in [2.24, 2.45) is 0 Å². The number of methoxy groups -OCH3 is 1. The molecule has 0 aromatic carbocycles. The van der Waals surface area contributed by atoms with Crippen molar-refractivity contribution in [3.63, 3.8) is 0 Å². The Bertz CT molecular complexity index is 1030. The molecule has 3 rings (SSSR count). The van der Waals surface area contributed by atoms with Gasteiger partial charge in [0.1, 0.15) is 11.6 Å². The van der Waals surface area contributed by atoms with Crippen molar-refractivity contribution in [3.05, 3.63) is 39.2 Å². The quantitative estimate of drug-likeness (QED) is 0.393. The molecule has 2 aromatic rings. The SMILES string of the molecule is COCC(C)n1c(C)cc(/C=C(\C#N)C(=O)NCc2n[nH]c(=S)n2C2CC2)c1C. The number of hydrogen-bond acceptors (Lipinski definition) is 5. The summed E-state index contributed by atoms with van der Waals surface area (Å²) < 4.78 is 9.90. The summed E-state index contributed by atoms with van der Waals surface area (Å²) in [7, 11) is 1.67. The van der Waals surface area contributed by atoms with Crippen LogP contribution in [0.2, 0.25) is 0 Å². The van der Waals surface area contributed by atoms with Crippen LogP contribution in [0.15, 0.2) is 11.6 Å². The molecule has 1 aliphatic carbocycles. The fourth-order valence-corrected chi connectivity index (χ4v) is 3.97. The molecule has 2 N–H and O–H groups in total. The summed E-state index contributed by atoms with van der Waals surface area (Å²) in [5, 5.41) is 19.3. The van der Waals surface area contributed by atoms with Gasteiger partial charge >= 0.3 is 0 Å². The van der Waals surface area contributed by atoms with E-state index in [4.69, 9.17) is 17.0 Å². The number of nitrogens with zero attached hydrogens (tertiary/aromatic N) is 4. The molecule has 0 radical (unpaired) electrons. The molecule has 0 aliphatic heterocycles. The Kier molecular flexibility index (Phi) is 6.35. The molecule has 2 aromatic heterocycles. The molecule has 1 fully saturated rings. The normalized spacial score (nSPS) is 15.2. The second-order valence-electron chi connectivity index (χ2n) is 7.40. The Morgan fingerprint density at radius 2 is 2.28 bits per heavy atom. The monoisotopic (exact) mass is 414 g/mol. The van der Waals surface area contributed by atoms with Gasteiger partial charge in [0.25, 0.3) is 5.91 Å². The van der Waals surface area contributed by atoms with Crippen LogP contribution in [0.25, 0.3) is 6.08 Å². The molecule has 9 heteroatoms. The molecule has 8 nitrogen and oxygen atoms in total. The van der Waals surface area contributed by atoms with Crippen molar-refractivity contribution < 1.29 is 9.53 Å². The minimum absolute atomic E-state index is 0.0525. The van der Waals surface area contributed by atoms with Gasteiger partial charge in [0.2, 0.25) is 0 Å². The molecule has 2 heterocycles. The molecular formula is C20H26N6O2S. The van der Waals surface area contributed by atoms with Crippen molar-refractivity contribution >= 4 is 24.2 Å². The first-order chi connectivity index (χ1) is 13.9. The van der Waals surface area contributed by atoms with E-state index in [1.54, 1.807) is 13.2 Å². The fourth-order valence-electron chi connectivity index (χ4n) is 3.67. The molecule has 1 aliphatic rings. The van der Waals surface area contributed by atoms with Crippen molar-refractivity contribution in [2.75, 3.05) is 13.7 Å². The van der Waals surface area contributed by atoms with Gasteiger partial charge in [0, 0.05) is 24.5 Å². The van der Waals surface area contributed by atoms with E-state index in [9.17, 15) is 10.1 Å². The van der Waals surface area contributed by atoms with Gasteiger partial charge in [-0.25, -0.2) is 0 Å². The zero-order valence-electron chi connectivity index (χ0n) is 17.2. The van der Waals surface area contributed by atoms with Crippen LogP contribution in [0.5, 0.6) is 0 Å². The van der Waals surface area contributed by atoms with Crippen molar-refractivity contribution in [1.29, 1.82) is 5.26 Å². The Balaban J connectivity index is 1.76. The number of ether oxygens (including phenoxy) is 1. The largest absolute Gasteiger partial charge is 0.383 e. The lowest BCUT2D eigenvalue weighted by atomic mass is 10.1. The Morgan fingerprint density at radius 1 is 1.55 bits per heavy atom. The second-order valence-corrected chi connectivity index (χ2v) is 7.79. The summed E-state index contributed by atoms with van der Waals surface area (Å²) in [6, 6.07) is 4.51. The molecular weight excluding hydrogens is 388 g/mol. The van der Waals surface area contributed by atoms with Crippen LogP contribution in [0.3, 0.4) is 0 Å².